The average molecular weight is 335 g/mol. The predicted octanol–water partition coefficient (Wildman–Crippen LogP) is 2.80. The van der Waals surface area contributed by atoms with Crippen molar-refractivity contribution < 1.29 is 9.90 Å². The number of nitrogens with zero attached hydrogens (tertiary/aromatic N) is 1. The second-order valence-electron chi connectivity index (χ2n) is 6.16. The fourth-order valence-corrected chi connectivity index (χ4v) is 3.25. The van der Waals surface area contributed by atoms with Gasteiger partial charge in [-0.05, 0) is 36.5 Å². The Balaban J connectivity index is 2.36. The van der Waals surface area contributed by atoms with E-state index in [0.717, 1.165) is 16.3 Å². The lowest BCUT2D eigenvalue weighted by Gasteiger charge is -2.28. The van der Waals surface area contributed by atoms with Crippen molar-refractivity contribution >= 4 is 16.7 Å². The van der Waals surface area contributed by atoms with Crippen molar-refractivity contribution in [2.45, 2.75) is 6.04 Å². The van der Waals surface area contributed by atoms with Crippen LogP contribution < -0.4 is 11.3 Å². The first kappa shape index (κ1) is 17.0. The molecule has 1 unspecified atom stereocenters. The number of hydrazine groups is 1. The van der Waals surface area contributed by atoms with Crippen molar-refractivity contribution in [1.82, 2.24) is 10.3 Å². The van der Waals surface area contributed by atoms with Gasteiger partial charge in [0.1, 0.15) is 5.75 Å². The maximum absolute atomic E-state index is 12.1. The third-order valence-electron chi connectivity index (χ3n) is 4.34. The minimum absolute atomic E-state index is 0.0517. The molecule has 128 valence electrons. The molecule has 1 amide bonds. The van der Waals surface area contributed by atoms with Gasteiger partial charge in [-0.2, -0.15) is 0 Å². The van der Waals surface area contributed by atoms with Gasteiger partial charge < -0.3 is 5.11 Å². The van der Waals surface area contributed by atoms with Gasteiger partial charge in [0.2, 0.25) is 0 Å². The smallest absolute Gasteiger partial charge is 0.268 e. The zero-order valence-corrected chi connectivity index (χ0v) is 14.2. The van der Waals surface area contributed by atoms with Crippen LogP contribution in [0.3, 0.4) is 0 Å². The lowest BCUT2D eigenvalue weighted by atomic mass is 9.90. The van der Waals surface area contributed by atoms with E-state index in [1.807, 2.05) is 73.6 Å². The predicted molar refractivity (Wildman–Crippen MR) is 99.2 cm³/mol. The second kappa shape index (κ2) is 6.93. The zero-order chi connectivity index (χ0) is 18.0. The summed E-state index contributed by atoms with van der Waals surface area (Å²) in [7, 11) is 3.89. The molecule has 0 radical (unpaired) electrons. The maximum Gasteiger partial charge on any atom is 0.268 e. The number of fused-ring (bicyclic) bond motifs is 1. The van der Waals surface area contributed by atoms with Gasteiger partial charge in [0, 0.05) is 5.56 Å². The molecular formula is C20H21N3O2. The number of phenolic OH excluding ortho intramolecular Hbond substituents is 1. The Kier molecular flexibility index (Phi) is 4.70. The van der Waals surface area contributed by atoms with E-state index in [9.17, 15) is 9.90 Å². The number of nitrogens with one attached hydrogen (secondary N) is 1. The molecule has 3 aromatic carbocycles. The van der Waals surface area contributed by atoms with E-state index in [1.54, 1.807) is 6.07 Å². The van der Waals surface area contributed by atoms with E-state index in [-0.39, 0.29) is 17.4 Å². The zero-order valence-electron chi connectivity index (χ0n) is 14.2. The molecule has 0 saturated heterocycles. The quantitative estimate of drug-likeness (QED) is 0.389. The van der Waals surface area contributed by atoms with Crippen molar-refractivity contribution in [3.05, 3.63) is 77.4 Å². The van der Waals surface area contributed by atoms with Crippen LogP contribution in [0, 0.1) is 0 Å². The van der Waals surface area contributed by atoms with Gasteiger partial charge in [-0.15, -0.1) is 0 Å². The number of phenols is 1. The second-order valence-corrected chi connectivity index (χ2v) is 6.16. The molecule has 5 heteroatoms. The molecule has 4 N–H and O–H groups in total. The molecule has 0 aliphatic rings. The summed E-state index contributed by atoms with van der Waals surface area (Å²) in [4.78, 5) is 14.2. The fourth-order valence-electron chi connectivity index (χ4n) is 3.25. The minimum atomic E-state index is -0.518. The molecule has 3 rings (SSSR count). The first-order valence-electron chi connectivity index (χ1n) is 8.01. The van der Waals surface area contributed by atoms with Crippen LogP contribution in [0.5, 0.6) is 5.75 Å². The number of hydrogen-bond acceptors (Lipinski definition) is 4. The highest BCUT2D eigenvalue weighted by molar-refractivity contribution is 6.03. The largest absolute Gasteiger partial charge is 0.507 e. The summed E-state index contributed by atoms with van der Waals surface area (Å²) in [5.41, 5.74) is 3.99. The highest BCUT2D eigenvalue weighted by Gasteiger charge is 2.26. The first-order chi connectivity index (χ1) is 12.0. The van der Waals surface area contributed by atoms with Crippen molar-refractivity contribution in [1.29, 1.82) is 0 Å². The van der Waals surface area contributed by atoms with Crippen LogP contribution in [-0.2, 0) is 0 Å². The number of benzene rings is 3. The number of rotatable bonds is 4. The Hall–Kier alpha value is -2.89. The van der Waals surface area contributed by atoms with Gasteiger partial charge in [0.05, 0.1) is 11.6 Å². The molecule has 3 aromatic rings. The molecule has 0 saturated carbocycles. The summed E-state index contributed by atoms with van der Waals surface area (Å²) in [6.45, 7) is 0. The van der Waals surface area contributed by atoms with Crippen LogP contribution in [0.2, 0.25) is 0 Å². The normalized spacial score (nSPS) is 12.3. The Bertz CT molecular complexity index is 907. The molecule has 1 atom stereocenters. The van der Waals surface area contributed by atoms with Crippen LogP contribution in [0.4, 0.5) is 0 Å². The number of carbonyl (C=O) groups is 1. The molecule has 0 aliphatic heterocycles. The van der Waals surface area contributed by atoms with E-state index in [0.29, 0.717) is 5.56 Å². The van der Waals surface area contributed by atoms with Crippen molar-refractivity contribution in [3.8, 4) is 5.75 Å². The highest BCUT2D eigenvalue weighted by atomic mass is 16.3. The van der Waals surface area contributed by atoms with Gasteiger partial charge in [-0.25, -0.2) is 5.84 Å². The number of carbonyl (C=O) groups excluding carboxylic acids is 1. The van der Waals surface area contributed by atoms with Crippen molar-refractivity contribution in [3.63, 3.8) is 0 Å². The molecular weight excluding hydrogens is 314 g/mol. The van der Waals surface area contributed by atoms with E-state index in [1.165, 1.54) is 0 Å². The monoisotopic (exact) mass is 335 g/mol. The highest BCUT2D eigenvalue weighted by Crippen LogP contribution is 2.40. The standard InChI is InChI=1S/C20H21N3O2/c1-23(2)18(13-8-4-3-5-9-13)17-15-11-7-6-10-14(15)12-16(19(17)24)20(25)22-21/h3-12,18,24H,21H2,1-2H3,(H,22,25). The first-order valence-corrected chi connectivity index (χ1v) is 8.01. The van der Waals surface area contributed by atoms with Crippen LogP contribution in [0.15, 0.2) is 60.7 Å². The summed E-state index contributed by atoms with van der Waals surface area (Å²) >= 11 is 0. The van der Waals surface area contributed by atoms with Gasteiger partial charge in [-0.1, -0.05) is 54.6 Å². The number of nitrogen functional groups attached to an aromatic ring is 1. The van der Waals surface area contributed by atoms with E-state index < -0.39 is 5.91 Å². The summed E-state index contributed by atoms with van der Waals surface area (Å²) in [6.07, 6.45) is 0. The van der Waals surface area contributed by atoms with Crippen molar-refractivity contribution in [2.75, 3.05) is 14.1 Å². The van der Waals surface area contributed by atoms with Crippen LogP contribution in [0.1, 0.15) is 27.5 Å². The van der Waals surface area contributed by atoms with Gasteiger partial charge in [0.15, 0.2) is 0 Å². The molecule has 5 nitrogen and oxygen atoms in total. The van der Waals surface area contributed by atoms with Gasteiger partial charge >= 0.3 is 0 Å². The summed E-state index contributed by atoms with van der Waals surface area (Å²) in [5, 5.41) is 12.7. The third-order valence-corrected chi connectivity index (χ3v) is 4.34. The molecule has 0 heterocycles. The Morgan fingerprint density at radius 2 is 1.72 bits per heavy atom. The summed E-state index contributed by atoms with van der Waals surface area (Å²) in [6, 6.07) is 19.0. The summed E-state index contributed by atoms with van der Waals surface area (Å²) < 4.78 is 0. The maximum atomic E-state index is 12.1. The Morgan fingerprint density at radius 3 is 2.36 bits per heavy atom. The van der Waals surface area contributed by atoms with Gasteiger partial charge in [-0.3, -0.25) is 15.1 Å². The minimum Gasteiger partial charge on any atom is -0.507 e. The molecule has 0 aliphatic carbocycles. The molecule has 0 spiro atoms. The summed E-state index contributed by atoms with van der Waals surface area (Å²) in [5.74, 6) is 4.72. The van der Waals surface area contributed by atoms with Crippen LogP contribution in [0.25, 0.3) is 10.8 Å². The SMILES string of the molecule is CN(C)C(c1ccccc1)c1c(O)c(C(=O)NN)cc2ccccc12. The Morgan fingerprint density at radius 1 is 1.08 bits per heavy atom. The topological polar surface area (TPSA) is 78.6 Å². The molecule has 0 aromatic heterocycles. The van der Waals surface area contributed by atoms with E-state index >= 15 is 0 Å². The van der Waals surface area contributed by atoms with E-state index in [4.69, 9.17) is 5.84 Å². The Labute approximate surface area is 146 Å². The van der Waals surface area contributed by atoms with E-state index in [2.05, 4.69) is 5.43 Å². The number of hydrogen-bond donors (Lipinski definition) is 3. The van der Waals surface area contributed by atoms with Gasteiger partial charge in [0.25, 0.3) is 5.91 Å². The third kappa shape index (κ3) is 3.07. The van der Waals surface area contributed by atoms with Crippen molar-refractivity contribution in [2.24, 2.45) is 5.84 Å². The number of aromatic hydroxyl groups is 1. The number of nitrogens with two attached hydrogens (primary N) is 1. The van der Waals surface area contributed by atoms with Crippen LogP contribution in [-0.4, -0.2) is 30.0 Å². The average Bonchev–Trinajstić information content (AvgIpc) is 2.63. The molecule has 0 fully saturated rings. The molecule has 25 heavy (non-hydrogen) atoms. The number of amides is 1. The lowest BCUT2D eigenvalue weighted by Crippen LogP contribution is -2.30. The molecule has 0 bridgehead atoms. The van der Waals surface area contributed by atoms with Crippen LogP contribution >= 0.6 is 0 Å². The lowest BCUT2D eigenvalue weighted by molar-refractivity contribution is 0.0951. The fraction of sp³-hybridized carbons (Fsp3) is 0.150.